The van der Waals surface area contributed by atoms with Crippen molar-refractivity contribution in [3.63, 3.8) is 0 Å². The Morgan fingerprint density at radius 3 is 2.25 bits per heavy atom. The van der Waals surface area contributed by atoms with Gasteiger partial charge in [0.25, 0.3) is 6.43 Å². The zero-order chi connectivity index (χ0) is 9.30. The Morgan fingerprint density at radius 1 is 1.17 bits per heavy atom. The summed E-state index contributed by atoms with van der Waals surface area (Å²) in [5.41, 5.74) is -0.929. The Bertz CT molecular complexity index is 298. The van der Waals surface area contributed by atoms with Crippen LogP contribution in [-0.4, -0.2) is 0 Å². The summed E-state index contributed by atoms with van der Waals surface area (Å²) in [7, 11) is 0. The van der Waals surface area contributed by atoms with Gasteiger partial charge in [-0.3, -0.25) is 0 Å². The molecule has 0 atom stereocenters. The third-order valence-electron chi connectivity index (χ3n) is 1.26. The molecule has 0 heterocycles. The third kappa shape index (κ3) is 1.77. The molecule has 1 rings (SSSR count). The van der Waals surface area contributed by atoms with E-state index in [1.54, 1.807) is 0 Å². The van der Waals surface area contributed by atoms with E-state index in [-0.39, 0.29) is 4.47 Å². The lowest BCUT2D eigenvalue weighted by Gasteiger charge is -2.02. The summed E-state index contributed by atoms with van der Waals surface area (Å²) < 4.78 is 48.8. The molecule has 5 heteroatoms. The largest absolute Gasteiger partial charge is 0.266 e. The summed E-state index contributed by atoms with van der Waals surface area (Å²) in [5, 5.41) is 0. The van der Waals surface area contributed by atoms with Gasteiger partial charge in [-0.1, -0.05) is 0 Å². The Balaban J connectivity index is 3.28. The molecular weight excluding hydrogens is 240 g/mol. The summed E-state index contributed by atoms with van der Waals surface area (Å²) in [6.45, 7) is 0. The molecule has 12 heavy (non-hydrogen) atoms. The molecule has 1 aromatic carbocycles. The molecular formula is C7H3BrF4. The Labute approximate surface area is 74.3 Å². The summed E-state index contributed by atoms with van der Waals surface area (Å²) in [6, 6.07) is 1.27. The topological polar surface area (TPSA) is 0 Å². The van der Waals surface area contributed by atoms with Crippen LogP contribution in [0.2, 0.25) is 0 Å². The number of halogens is 5. The molecule has 0 radical (unpaired) electrons. The lowest BCUT2D eigenvalue weighted by Crippen LogP contribution is -1.93. The first-order valence-electron chi connectivity index (χ1n) is 2.95. The van der Waals surface area contributed by atoms with E-state index in [2.05, 4.69) is 15.9 Å². The van der Waals surface area contributed by atoms with Gasteiger partial charge in [0.15, 0.2) is 0 Å². The van der Waals surface area contributed by atoms with E-state index in [1.165, 1.54) is 0 Å². The molecule has 0 N–H and O–H groups in total. The minimum Gasteiger partial charge on any atom is -0.207 e. The maximum atomic E-state index is 12.7. The lowest BCUT2D eigenvalue weighted by atomic mass is 10.2. The Hall–Kier alpha value is -0.580. The van der Waals surface area contributed by atoms with Crippen molar-refractivity contribution in [3.8, 4) is 0 Å². The van der Waals surface area contributed by atoms with Crippen molar-refractivity contribution in [1.29, 1.82) is 0 Å². The highest BCUT2D eigenvalue weighted by molar-refractivity contribution is 9.10. The average Bonchev–Trinajstić information content (AvgIpc) is 1.96. The molecule has 0 nitrogen and oxygen atoms in total. The molecule has 0 aliphatic heterocycles. The molecule has 0 amide bonds. The predicted molar refractivity (Wildman–Crippen MR) is 39.0 cm³/mol. The van der Waals surface area contributed by atoms with Crippen LogP contribution in [0, 0.1) is 11.6 Å². The predicted octanol–water partition coefficient (Wildman–Crippen LogP) is 3.66. The van der Waals surface area contributed by atoms with Crippen LogP contribution in [0.15, 0.2) is 16.6 Å². The molecule has 0 aromatic heterocycles. The Morgan fingerprint density at radius 2 is 1.75 bits per heavy atom. The van der Waals surface area contributed by atoms with Crippen LogP contribution in [0.4, 0.5) is 17.6 Å². The van der Waals surface area contributed by atoms with Crippen molar-refractivity contribution in [2.24, 2.45) is 0 Å². The van der Waals surface area contributed by atoms with E-state index in [9.17, 15) is 17.6 Å². The number of rotatable bonds is 1. The highest BCUT2D eigenvalue weighted by atomic mass is 79.9. The number of benzene rings is 1. The van der Waals surface area contributed by atoms with E-state index < -0.39 is 23.6 Å². The van der Waals surface area contributed by atoms with Crippen LogP contribution in [0.1, 0.15) is 12.0 Å². The van der Waals surface area contributed by atoms with Crippen LogP contribution >= 0.6 is 15.9 Å². The molecule has 0 saturated carbocycles. The third-order valence-corrected chi connectivity index (χ3v) is 1.83. The van der Waals surface area contributed by atoms with Crippen molar-refractivity contribution >= 4 is 15.9 Å². The monoisotopic (exact) mass is 242 g/mol. The second-order valence-corrected chi connectivity index (χ2v) is 2.95. The van der Waals surface area contributed by atoms with Gasteiger partial charge in [0.2, 0.25) is 0 Å². The van der Waals surface area contributed by atoms with E-state index in [1.807, 2.05) is 0 Å². The van der Waals surface area contributed by atoms with Gasteiger partial charge in [-0.2, -0.15) is 0 Å². The zero-order valence-corrected chi connectivity index (χ0v) is 7.21. The van der Waals surface area contributed by atoms with Crippen molar-refractivity contribution in [1.82, 2.24) is 0 Å². The van der Waals surface area contributed by atoms with Gasteiger partial charge in [0.1, 0.15) is 11.6 Å². The fraction of sp³-hybridized carbons (Fsp3) is 0.143. The number of hydrogen-bond acceptors (Lipinski definition) is 0. The van der Waals surface area contributed by atoms with Crippen molar-refractivity contribution in [2.45, 2.75) is 6.43 Å². The molecule has 0 aliphatic rings. The van der Waals surface area contributed by atoms with Crippen LogP contribution in [-0.2, 0) is 0 Å². The summed E-state index contributed by atoms with van der Waals surface area (Å²) in [5.74, 6) is -2.01. The van der Waals surface area contributed by atoms with Gasteiger partial charge >= 0.3 is 0 Å². The normalized spacial score (nSPS) is 10.8. The average molecular weight is 243 g/mol. The molecule has 0 spiro atoms. The quantitative estimate of drug-likeness (QED) is 0.521. The van der Waals surface area contributed by atoms with Gasteiger partial charge < -0.3 is 0 Å². The molecule has 1 aromatic rings. The van der Waals surface area contributed by atoms with Crippen molar-refractivity contribution in [3.05, 3.63) is 33.8 Å². The van der Waals surface area contributed by atoms with Gasteiger partial charge in [-0.15, -0.1) is 0 Å². The minimum absolute atomic E-state index is 0.294. The van der Waals surface area contributed by atoms with Crippen LogP contribution in [0.3, 0.4) is 0 Å². The summed E-state index contributed by atoms with van der Waals surface area (Å²) >= 11 is 2.62. The van der Waals surface area contributed by atoms with E-state index in [0.717, 1.165) is 6.07 Å². The van der Waals surface area contributed by atoms with Crippen molar-refractivity contribution < 1.29 is 17.6 Å². The molecule has 0 saturated heterocycles. The first kappa shape index (κ1) is 9.51. The molecule has 0 aliphatic carbocycles. The SMILES string of the molecule is Fc1cc(Br)c(F)c(C(F)F)c1. The first-order valence-corrected chi connectivity index (χ1v) is 3.74. The highest BCUT2D eigenvalue weighted by Gasteiger charge is 2.16. The van der Waals surface area contributed by atoms with E-state index in [4.69, 9.17) is 0 Å². The maximum Gasteiger partial charge on any atom is 0.266 e. The van der Waals surface area contributed by atoms with Gasteiger partial charge in [-0.05, 0) is 28.1 Å². The van der Waals surface area contributed by atoms with Crippen LogP contribution in [0.25, 0.3) is 0 Å². The van der Waals surface area contributed by atoms with Gasteiger partial charge in [0, 0.05) is 0 Å². The smallest absolute Gasteiger partial charge is 0.207 e. The fourth-order valence-corrected chi connectivity index (χ4v) is 1.18. The maximum absolute atomic E-state index is 12.7. The summed E-state index contributed by atoms with van der Waals surface area (Å²) in [4.78, 5) is 0. The molecule has 0 unspecified atom stereocenters. The standard InChI is InChI=1S/C7H3BrF4/c8-5-2-3(9)1-4(6(5)10)7(11)12/h1-2,7H. The van der Waals surface area contributed by atoms with Gasteiger partial charge in [0.05, 0.1) is 10.0 Å². The van der Waals surface area contributed by atoms with Gasteiger partial charge in [-0.25, -0.2) is 17.6 Å². The van der Waals surface area contributed by atoms with Crippen LogP contribution in [0.5, 0.6) is 0 Å². The van der Waals surface area contributed by atoms with Crippen LogP contribution < -0.4 is 0 Å². The number of alkyl halides is 2. The van der Waals surface area contributed by atoms with E-state index in [0.29, 0.717) is 6.07 Å². The first-order chi connectivity index (χ1) is 5.52. The van der Waals surface area contributed by atoms with E-state index >= 15 is 0 Å². The fourth-order valence-electron chi connectivity index (χ4n) is 0.735. The summed E-state index contributed by atoms with van der Waals surface area (Å²) in [6.07, 6.45) is -3.00. The minimum atomic E-state index is -3.00. The highest BCUT2D eigenvalue weighted by Crippen LogP contribution is 2.27. The molecule has 66 valence electrons. The van der Waals surface area contributed by atoms with Crippen molar-refractivity contribution in [2.75, 3.05) is 0 Å². The molecule has 0 bridgehead atoms. The lowest BCUT2D eigenvalue weighted by molar-refractivity contribution is 0.145. The zero-order valence-electron chi connectivity index (χ0n) is 5.62. The second kappa shape index (κ2) is 3.43. The number of hydrogen-bond donors (Lipinski definition) is 0. The second-order valence-electron chi connectivity index (χ2n) is 2.09. The molecule has 0 fully saturated rings. The Kier molecular flexibility index (Phi) is 2.72.